The average molecular weight is 321 g/mol. The second kappa shape index (κ2) is 7.04. The number of rotatable bonds is 5. The summed E-state index contributed by atoms with van der Waals surface area (Å²) < 4.78 is 12.8. The van der Waals surface area contributed by atoms with E-state index in [-0.39, 0.29) is 12.0 Å². The highest BCUT2D eigenvalue weighted by Crippen LogP contribution is 2.12. The van der Waals surface area contributed by atoms with E-state index in [1.165, 1.54) is 24.3 Å². The minimum Gasteiger partial charge on any atom is -0.368 e. The van der Waals surface area contributed by atoms with Crippen LogP contribution in [-0.4, -0.2) is 17.9 Å². The molecule has 0 heterocycles. The first-order valence-corrected chi connectivity index (χ1v) is 6.93. The number of nitrogens with one attached hydrogen (secondary N) is 1. The van der Waals surface area contributed by atoms with Crippen LogP contribution in [0.25, 0.3) is 0 Å². The van der Waals surface area contributed by atoms with Crippen LogP contribution < -0.4 is 11.1 Å². The Kier molecular flexibility index (Phi) is 5.12. The van der Waals surface area contributed by atoms with Gasteiger partial charge < -0.3 is 11.1 Å². The first kappa shape index (κ1) is 16.0. The van der Waals surface area contributed by atoms with Crippen LogP contribution >= 0.6 is 11.6 Å². The summed E-state index contributed by atoms with van der Waals surface area (Å²) in [4.78, 5) is 23.6. The molecule has 2 amide bonds. The number of nitrogens with two attached hydrogens (primary N) is 1. The molecule has 0 aliphatic rings. The van der Waals surface area contributed by atoms with Gasteiger partial charge in [0.25, 0.3) is 5.91 Å². The molecule has 0 radical (unpaired) electrons. The van der Waals surface area contributed by atoms with Crippen molar-refractivity contribution in [1.29, 1.82) is 0 Å². The van der Waals surface area contributed by atoms with Crippen LogP contribution in [0.4, 0.5) is 4.39 Å². The SMILES string of the molecule is NC(=O)[C@H](Cc1cccc(Cl)c1)NC(=O)c1ccc(F)cc1. The maximum Gasteiger partial charge on any atom is 0.251 e. The van der Waals surface area contributed by atoms with Crippen LogP contribution in [-0.2, 0) is 11.2 Å². The molecule has 0 saturated heterocycles. The maximum atomic E-state index is 12.8. The summed E-state index contributed by atoms with van der Waals surface area (Å²) in [6, 6.07) is 11.1. The normalized spacial score (nSPS) is 11.7. The lowest BCUT2D eigenvalue weighted by Crippen LogP contribution is -2.45. The van der Waals surface area contributed by atoms with Crippen molar-refractivity contribution in [1.82, 2.24) is 5.32 Å². The minimum atomic E-state index is -0.879. The molecule has 2 rings (SSSR count). The van der Waals surface area contributed by atoms with E-state index in [1.54, 1.807) is 24.3 Å². The predicted octanol–water partition coefficient (Wildman–Crippen LogP) is 2.31. The van der Waals surface area contributed by atoms with E-state index in [0.717, 1.165) is 5.56 Å². The molecule has 4 nitrogen and oxygen atoms in total. The molecular formula is C16H14ClFN2O2. The zero-order chi connectivity index (χ0) is 16.1. The van der Waals surface area contributed by atoms with Gasteiger partial charge in [0, 0.05) is 17.0 Å². The van der Waals surface area contributed by atoms with Crippen molar-refractivity contribution in [3.63, 3.8) is 0 Å². The summed E-state index contributed by atoms with van der Waals surface area (Å²) >= 11 is 5.89. The van der Waals surface area contributed by atoms with Crippen LogP contribution in [0, 0.1) is 5.82 Å². The summed E-state index contributed by atoms with van der Waals surface area (Å²) in [6.45, 7) is 0. The largest absolute Gasteiger partial charge is 0.368 e. The Morgan fingerprint density at radius 2 is 1.86 bits per heavy atom. The fourth-order valence-corrected chi connectivity index (χ4v) is 2.18. The molecule has 2 aromatic rings. The molecule has 0 fully saturated rings. The molecule has 0 aromatic heterocycles. The first-order valence-electron chi connectivity index (χ1n) is 6.56. The summed E-state index contributed by atoms with van der Waals surface area (Å²) in [5, 5.41) is 3.07. The van der Waals surface area contributed by atoms with Crippen molar-refractivity contribution in [3.8, 4) is 0 Å². The third-order valence-corrected chi connectivity index (χ3v) is 3.32. The molecule has 0 unspecified atom stereocenters. The maximum absolute atomic E-state index is 12.8. The minimum absolute atomic E-state index is 0.225. The molecule has 0 aliphatic heterocycles. The van der Waals surface area contributed by atoms with Gasteiger partial charge in [-0.15, -0.1) is 0 Å². The van der Waals surface area contributed by atoms with E-state index in [4.69, 9.17) is 17.3 Å². The number of hydrogen-bond acceptors (Lipinski definition) is 2. The smallest absolute Gasteiger partial charge is 0.251 e. The van der Waals surface area contributed by atoms with Gasteiger partial charge in [-0.1, -0.05) is 23.7 Å². The van der Waals surface area contributed by atoms with Gasteiger partial charge in [-0.3, -0.25) is 9.59 Å². The number of carbonyl (C=O) groups excluding carboxylic acids is 2. The van der Waals surface area contributed by atoms with Gasteiger partial charge in [0.15, 0.2) is 0 Å². The second-order valence-electron chi connectivity index (χ2n) is 4.77. The second-order valence-corrected chi connectivity index (χ2v) is 5.21. The Morgan fingerprint density at radius 3 is 2.45 bits per heavy atom. The van der Waals surface area contributed by atoms with Crippen LogP contribution in [0.3, 0.4) is 0 Å². The predicted molar refractivity (Wildman–Crippen MR) is 82.0 cm³/mol. The highest BCUT2D eigenvalue weighted by atomic mass is 35.5. The molecule has 3 N–H and O–H groups in total. The Morgan fingerprint density at radius 1 is 1.18 bits per heavy atom. The Hall–Kier alpha value is -2.40. The number of hydrogen-bond donors (Lipinski definition) is 2. The Balaban J connectivity index is 2.10. The molecule has 0 saturated carbocycles. The van der Waals surface area contributed by atoms with Crippen molar-refractivity contribution in [3.05, 3.63) is 70.5 Å². The van der Waals surface area contributed by atoms with E-state index in [0.29, 0.717) is 5.02 Å². The number of amides is 2. The third-order valence-electron chi connectivity index (χ3n) is 3.08. The third kappa shape index (κ3) is 4.30. The fraction of sp³-hybridized carbons (Fsp3) is 0.125. The highest BCUT2D eigenvalue weighted by molar-refractivity contribution is 6.30. The lowest BCUT2D eigenvalue weighted by atomic mass is 10.0. The van der Waals surface area contributed by atoms with Crippen LogP contribution in [0.15, 0.2) is 48.5 Å². The zero-order valence-corrected chi connectivity index (χ0v) is 12.3. The summed E-state index contributed by atoms with van der Waals surface area (Å²) in [6.07, 6.45) is 0.225. The summed E-state index contributed by atoms with van der Waals surface area (Å²) in [5.74, 6) is -1.59. The molecule has 0 spiro atoms. The number of halogens is 2. The quantitative estimate of drug-likeness (QED) is 0.887. The van der Waals surface area contributed by atoms with Crippen molar-refractivity contribution in [2.45, 2.75) is 12.5 Å². The Bertz CT molecular complexity index is 689. The van der Waals surface area contributed by atoms with Crippen molar-refractivity contribution >= 4 is 23.4 Å². The highest BCUT2D eigenvalue weighted by Gasteiger charge is 2.19. The van der Waals surface area contributed by atoms with Gasteiger partial charge in [0.2, 0.25) is 5.91 Å². The fourth-order valence-electron chi connectivity index (χ4n) is 1.97. The van der Waals surface area contributed by atoms with E-state index in [1.807, 2.05) is 0 Å². The Labute approximate surface area is 132 Å². The summed E-state index contributed by atoms with van der Waals surface area (Å²) in [7, 11) is 0. The number of carbonyl (C=O) groups is 2. The van der Waals surface area contributed by atoms with Gasteiger partial charge in [-0.05, 0) is 42.0 Å². The number of primary amides is 1. The van der Waals surface area contributed by atoms with Crippen molar-refractivity contribution in [2.24, 2.45) is 5.73 Å². The van der Waals surface area contributed by atoms with Gasteiger partial charge in [0.1, 0.15) is 11.9 Å². The van der Waals surface area contributed by atoms with E-state index in [9.17, 15) is 14.0 Å². The average Bonchev–Trinajstić information content (AvgIpc) is 2.47. The standard InChI is InChI=1S/C16H14ClFN2O2/c17-12-3-1-2-10(8-12)9-14(15(19)21)20-16(22)11-4-6-13(18)7-5-11/h1-8,14H,9H2,(H2,19,21)(H,20,22)/t14-/m0/s1. The van der Waals surface area contributed by atoms with Crippen LogP contribution in [0.1, 0.15) is 15.9 Å². The van der Waals surface area contributed by atoms with Crippen molar-refractivity contribution in [2.75, 3.05) is 0 Å². The van der Waals surface area contributed by atoms with Crippen LogP contribution in [0.2, 0.25) is 5.02 Å². The molecule has 6 heteroatoms. The molecule has 0 bridgehead atoms. The first-order chi connectivity index (χ1) is 10.5. The molecule has 0 aliphatic carbocycles. The molecule has 22 heavy (non-hydrogen) atoms. The summed E-state index contributed by atoms with van der Waals surface area (Å²) in [5.41, 5.74) is 6.35. The van der Waals surface area contributed by atoms with Gasteiger partial charge in [0.05, 0.1) is 0 Å². The van der Waals surface area contributed by atoms with Gasteiger partial charge in [-0.2, -0.15) is 0 Å². The molecule has 1 atom stereocenters. The zero-order valence-electron chi connectivity index (χ0n) is 11.6. The lowest BCUT2D eigenvalue weighted by Gasteiger charge is -2.16. The molecule has 114 valence electrons. The van der Waals surface area contributed by atoms with E-state index >= 15 is 0 Å². The molecular weight excluding hydrogens is 307 g/mol. The monoisotopic (exact) mass is 320 g/mol. The molecule has 2 aromatic carbocycles. The van der Waals surface area contributed by atoms with Gasteiger partial charge in [-0.25, -0.2) is 4.39 Å². The van der Waals surface area contributed by atoms with Crippen LogP contribution in [0.5, 0.6) is 0 Å². The number of benzene rings is 2. The topological polar surface area (TPSA) is 72.2 Å². The van der Waals surface area contributed by atoms with Crippen molar-refractivity contribution < 1.29 is 14.0 Å². The van der Waals surface area contributed by atoms with E-state index in [2.05, 4.69) is 5.32 Å². The van der Waals surface area contributed by atoms with Gasteiger partial charge >= 0.3 is 0 Å². The lowest BCUT2D eigenvalue weighted by molar-refractivity contribution is -0.119. The van der Waals surface area contributed by atoms with E-state index < -0.39 is 23.7 Å².